The third-order valence-electron chi connectivity index (χ3n) is 3.07. The van der Waals surface area contributed by atoms with E-state index in [0.29, 0.717) is 18.4 Å². The zero-order chi connectivity index (χ0) is 13.9. The quantitative estimate of drug-likeness (QED) is 0.765. The lowest BCUT2D eigenvalue weighted by Gasteiger charge is -2.09. The first-order valence-electron chi connectivity index (χ1n) is 6.38. The van der Waals surface area contributed by atoms with Gasteiger partial charge in [0, 0.05) is 41.8 Å². The lowest BCUT2D eigenvalue weighted by Crippen LogP contribution is -2.06. The fourth-order valence-corrected chi connectivity index (χ4v) is 2.12. The van der Waals surface area contributed by atoms with Crippen molar-refractivity contribution >= 4 is 16.5 Å². The van der Waals surface area contributed by atoms with Crippen LogP contribution >= 0.6 is 0 Å². The minimum Gasteiger partial charge on any atom is -0.384 e. The lowest BCUT2D eigenvalue weighted by atomic mass is 10.1. The van der Waals surface area contributed by atoms with Crippen molar-refractivity contribution in [1.29, 1.82) is 0 Å². The number of anilines is 1. The molecule has 0 saturated carbocycles. The van der Waals surface area contributed by atoms with E-state index in [9.17, 15) is 4.39 Å². The van der Waals surface area contributed by atoms with Crippen molar-refractivity contribution < 1.29 is 4.39 Å². The number of aromatic nitrogens is 4. The molecule has 2 aromatic heterocycles. The maximum atomic E-state index is 13.7. The van der Waals surface area contributed by atoms with E-state index in [-0.39, 0.29) is 5.82 Å². The van der Waals surface area contributed by atoms with Crippen LogP contribution in [-0.4, -0.2) is 26.7 Å². The average molecular weight is 271 g/mol. The average Bonchev–Trinajstić information content (AvgIpc) is 2.87. The van der Waals surface area contributed by atoms with Crippen molar-refractivity contribution in [2.24, 2.45) is 0 Å². The number of hydrogen-bond donors (Lipinski definition) is 2. The number of aromatic amines is 1. The Morgan fingerprint density at radius 1 is 1.25 bits per heavy atom. The fraction of sp³-hybridized carbons (Fsp3) is 0.214. The molecule has 0 atom stereocenters. The largest absolute Gasteiger partial charge is 0.384 e. The van der Waals surface area contributed by atoms with Gasteiger partial charge in [0.1, 0.15) is 11.6 Å². The van der Waals surface area contributed by atoms with Gasteiger partial charge in [0.25, 0.3) is 0 Å². The minimum absolute atomic E-state index is 0.261. The molecule has 0 saturated heterocycles. The lowest BCUT2D eigenvalue weighted by molar-refractivity contribution is 0.639. The number of rotatable bonds is 4. The van der Waals surface area contributed by atoms with Crippen molar-refractivity contribution in [3.63, 3.8) is 0 Å². The molecule has 0 amide bonds. The maximum absolute atomic E-state index is 13.7. The molecule has 0 aliphatic rings. The van der Waals surface area contributed by atoms with Gasteiger partial charge < -0.3 is 5.32 Å². The molecule has 102 valence electrons. The first-order valence-corrected chi connectivity index (χ1v) is 6.38. The summed E-state index contributed by atoms with van der Waals surface area (Å²) in [5.41, 5.74) is 0.885. The predicted molar refractivity (Wildman–Crippen MR) is 75.0 cm³/mol. The summed E-state index contributed by atoms with van der Waals surface area (Å²) in [5.74, 6) is 1.31. The van der Waals surface area contributed by atoms with E-state index < -0.39 is 0 Å². The molecule has 2 heterocycles. The van der Waals surface area contributed by atoms with Crippen LogP contribution < -0.4 is 5.32 Å². The van der Waals surface area contributed by atoms with E-state index in [1.54, 1.807) is 18.3 Å². The molecule has 0 spiro atoms. The predicted octanol–water partition coefficient (Wildman–Crippen LogP) is 2.46. The minimum atomic E-state index is -0.261. The van der Waals surface area contributed by atoms with Gasteiger partial charge in [-0.25, -0.2) is 9.37 Å². The Kier molecular flexibility index (Phi) is 3.28. The standard InChI is InChI=1S/C14H14FN5/c1-9-18-14(20-19-9)5-7-17-13-3-2-12(15)11-8-16-6-4-10(11)13/h2-4,6,8,17H,5,7H2,1H3,(H,18,19,20). The van der Waals surface area contributed by atoms with Crippen LogP contribution in [0.15, 0.2) is 30.6 Å². The summed E-state index contributed by atoms with van der Waals surface area (Å²) in [4.78, 5) is 8.20. The van der Waals surface area contributed by atoms with Crippen molar-refractivity contribution in [3.8, 4) is 0 Å². The van der Waals surface area contributed by atoms with Gasteiger partial charge in [0.05, 0.1) is 0 Å². The molecule has 3 rings (SSSR count). The van der Waals surface area contributed by atoms with Crippen LogP contribution in [0.4, 0.5) is 10.1 Å². The fourth-order valence-electron chi connectivity index (χ4n) is 2.12. The molecule has 5 nitrogen and oxygen atoms in total. The number of halogens is 1. The number of hydrogen-bond acceptors (Lipinski definition) is 4. The summed E-state index contributed by atoms with van der Waals surface area (Å²) < 4.78 is 13.7. The Labute approximate surface area is 115 Å². The Morgan fingerprint density at radius 3 is 2.95 bits per heavy atom. The number of aryl methyl sites for hydroxylation is 1. The van der Waals surface area contributed by atoms with Crippen molar-refractivity contribution in [1.82, 2.24) is 20.2 Å². The molecular weight excluding hydrogens is 257 g/mol. The summed E-state index contributed by atoms with van der Waals surface area (Å²) in [5, 5.41) is 11.5. The zero-order valence-corrected chi connectivity index (χ0v) is 11.0. The summed E-state index contributed by atoms with van der Waals surface area (Å²) in [6, 6.07) is 4.99. The van der Waals surface area contributed by atoms with Gasteiger partial charge in [-0.2, -0.15) is 5.10 Å². The third kappa shape index (κ3) is 2.45. The van der Waals surface area contributed by atoms with Crippen LogP contribution in [0.1, 0.15) is 11.6 Å². The number of pyridine rings is 1. The molecule has 6 heteroatoms. The highest BCUT2D eigenvalue weighted by molar-refractivity contribution is 5.93. The first-order chi connectivity index (χ1) is 9.74. The molecule has 0 radical (unpaired) electrons. The van der Waals surface area contributed by atoms with Crippen LogP contribution in [0.3, 0.4) is 0 Å². The number of benzene rings is 1. The molecule has 0 aliphatic heterocycles. The van der Waals surface area contributed by atoms with E-state index in [4.69, 9.17) is 0 Å². The molecule has 0 aliphatic carbocycles. The monoisotopic (exact) mass is 271 g/mol. The van der Waals surface area contributed by atoms with Crippen LogP contribution in [-0.2, 0) is 6.42 Å². The Hall–Kier alpha value is -2.50. The SMILES string of the molecule is Cc1nc(CCNc2ccc(F)c3cnccc23)n[nH]1. The smallest absolute Gasteiger partial charge is 0.152 e. The van der Waals surface area contributed by atoms with Crippen LogP contribution in [0.2, 0.25) is 0 Å². The van der Waals surface area contributed by atoms with E-state index in [0.717, 1.165) is 22.7 Å². The van der Waals surface area contributed by atoms with Gasteiger partial charge >= 0.3 is 0 Å². The van der Waals surface area contributed by atoms with Crippen molar-refractivity contribution in [2.45, 2.75) is 13.3 Å². The molecule has 20 heavy (non-hydrogen) atoms. The molecule has 1 aromatic carbocycles. The van der Waals surface area contributed by atoms with E-state index in [1.807, 2.05) is 6.92 Å². The Morgan fingerprint density at radius 2 is 2.15 bits per heavy atom. The van der Waals surface area contributed by atoms with Gasteiger partial charge in [0.2, 0.25) is 0 Å². The van der Waals surface area contributed by atoms with E-state index in [1.165, 1.54) is 12.3 Å². The van der Waals surface area contributed by atoms with Crippen molar-refractivity contribution in [2.75, 3.05) is 11.9 Å². The zero-order valence-electron chi connectivity index (χ0n) is 11.0. The second-order valence-corrected chi connectivity index (χ2v) is 4.53. The van der Waals surface area contributed by atoms with Crippen LogP contribution in [0, 0.1) is 12.7 Å². The van der Waals surface area contributed by atoms with Gasteiger partial charge in [-0.1, -0.05) is 0 Å². The van der Waals surface area contributed by atoms with Crippen LogP contribution in [0.5, 0.6) is 0 Å². The summed E-state index contributed by atoms with van der Waals surface area (Å²) >= 11 is 0. The number of nitrogens with zero attached hydrogens (tertiary/aromatic N) is 3. The summed E-state index contributed by atoms with van der Waals surface area (Å²) in [7, 11) is 0. The number of fused-ring (bicyclic) bond motifs is 1. The van der Waals surface area contributed by atoms with Gasteiger partial charge in [-0.3, -0.25) is 10.1 Å². The number of nitrogens with one attached hydrogen (secondary N) is 2. The Balaban J connectivity index is 1.76. The number of H-pyrrole nitrogens is 1. The highest BCUT2D eigenvalue weighted by Gasteiger charge is 2.06. The Bertz CT molecular complexity index is 737. The molecule has 2 N–H and O–H groups in total. The van der Waals surface area contributed by atoms with Gasteiger partial charge in [-0.15, -0.1) is 0 Å². The van der Waals surface area contributed by atoms with Crippen LogP contribution in [0.25, 0.3) is 10.8 Å². The topological polar surface area (TPSA) is 66.5 Å². The van der Waals surface area contributed by atoms with E-state index in [2.05, 4.69) is 25.5 Å². The van der Waals surface area contributed by atoms with Gasteiger partial charge in [0.15, 0.2) is 5.82 Å². The van der Waals surface area contributed by atoms with E-state index >= 15 is 0 Å². The second-order valence-electron chi connectivity index (χ2n) is 4.53. The highest BCUT2D eigenvalue weighted by Crippen LogP contribution is 2.24. The summed E-state index contributed by atoms with van der Waals surface area (Å²) in [6.45, 7) is 2.55. The normalized spacial score (nSPS) is 10.9. The highest BCUT2D eigenvalue weighted by atomic mass is 19.1. The maximum Gasteiger partial charge on any atom is 0.152 e. The second kappa shape index (κ2) is 5.24. The molecule has 3 aromatic rings. The molecule has 0 bridgehead atoms. The summed E-state index contributed by atoms with van der Waals surface area (Å²) in [6.07, 6.45) is 3.90. The molecule has 0 fully saturated rings. The first kappa shape index (κ1) is 12.5. The third-order valence-corrected chi connectivity index (χ3v) is 3.07. The van der Waals surface area contributed by atoms with Crippen molar-refractivity contribution in [3.05, 3.63) is 48.1 Å². The molecule has 0 unspecified atom stereocenters. The van der Waals surface area contributed by atoms with Gasteiger partial charge in [-0.05, 0) is 25.1 Å². The molecular formula is C14H14FN5.